The maximum Gasteiger partial charge on any atom is 0.328 e. The van der Waals surface area contributed by atoms with Crippen molar-refractivity contribution in [2.45, 2.75) is 6.92 Å². The molecular formula is C11H11BrFNO2. The number of nitrogens with one attached hydrogen (secondary N) is 1. The second-order valence-corrected chi connectivity index (χ2v) is 4.16. The summed E-state index contributed by atoms with van der Waals surface area (Å²) in [6, 6.07) is 4.27. The van der Waals surface area contributed by atoms with Crippen LogP contribution in [0.15, 0.2) is 34.3 Å². The number of carbonyl (C=O) groups is 1. The van der Waals surface area contributed by atoms with Gasteiger partial charge in [-0.3, -0.25) is 0 Å². The van der Waals surface area contributed by atoms with E-state index >= 15 is 0 Å². The number of halogens is 2. The molecule has 0 aliphatic carbocycles. The van der Waals surface area contributed by atoms with Crippen molar-refractivity contribution < 1.29 is 14.3 Å². The van der Waals surface area contributed by atoms with E-state index in [0.717, 1.165) is 11.8 Å². The second-order valence-electron chi connectivity index (χ2n) is 3.31. The summed E-state index contributed by atoms with van der Waals surface area (Å²) in [5, 5.41) is 11.5. The normalized spacial score (nSPS) is 11.3. The average Bonchev–Trinajstić information content (AvgIpc) is 2.15. The Morgan fingerprint density at radius 3 is 2.88 bits per heavy atom. The molecule has 86 valence electrons. The zero-order valence-electron chi connectivity index (χ0n) is 8.63. The van der Waals surface area contributed by atoms with Crippen molar-refractivity contribution in [1.29, 1.82) is 0 Å². The highest BCUT2D eigenvalue weighted by Gasteiger charge is 2.01. The number of carboxylic acid groups (broad SMARTS) is 1. The first-order valence-corrected chi connectivity index (χ1v) is 5.37. The highest BCUT2D eigenvalue weighted by molar-refractivity contribution is 9.10. The minimum atomic E-state index is -0.975. The summed E-state index contributed by atoms with van der Waals surface area (Å²) in [5.41, 5.74) is 1.41. The van der Waals surface area contributed by atoms with Gasteiger partial charge in [0.25, 0.3) is 0 Å². The van der Waals surface area contributed by atoms with E-state index in [1.54, 1.807) is 13.0 Å². The molecule has 0 aromatic heterocycles. The first kappa shape index (κ1) is 12.7. The highest BCUT2D eigenvalue weighted by Crippen LogP contribution is 2.23. The highest BCUT2D eigenvalue weighted by atomic mass is 79.9. The maximum atomic E-state index is 12.8. The van der Waals surface area contributed by atoms with Crippen molar-refractivity contribution in [3.05, 3.63) is 40.1 Å². The summed E-state index contributed by atoms with van der Waals surface area (Å²) in [5.74, 6) is -1.30. The van der Waals surface area contributed by atoms with Gasteiger partial charge in [-0.2, -0.15) is 0 Å². The van der Waals surface area contributed by atoms with E-state index in [2.05, 4.69) is 21.2 Å². The van der Waals surface area contributed by atoms with Crippen LogP contribution in [0.2, 0.25) is 0 Å². The Kier molecular flexibility index (Phi) is 4.49. The van der Waals surface area contributed by atoms with Gasteiger partial charge >= 0.3 is 5.97 Å². The molecule has 1 aromatic rings. The van der Waals surface area contributed by atoms with Crippen LogP contribution >= 0.6 is 15.9 Å². The fourth-order valence-electron chi connectivity index (χ4n) is 1.13. The van der Waals surface area contributed by atoms with Gasteiger partial charge in [-0.15, -0.1) is 0 Å². The quantitative estimate of drug-likeness (QED) is 0.837. The number of carboxylic acids is 1. The van der Waals surface area contributed by atoms with Crippen LogP contribution in [0.1, 0.15) is 6.92 Å². The van der Waals surface area contributed by atoms with Crippen molar-refractivity contribution in [3.8, 4) is 0 Å². The summed E-state index contributed by atoms with van der Waals surface area (Å²) in [6.45, 7) is 2.11. The molecule has 0 radical (unpaired) electrons. The zero-order chi connectivity index (χ0) is 12.1. The predicted octanol–water partition coefficient (Wildman–Crippen LogP) is 3.03. The van der Waals surface area contributed by atoms with Crippen molar-refractivity contribution in [3.63, 3.8) is 0 Å². The molecule has 0 aliphatic heterocycles. The fraction of sp³-hybridized carbons (Fsp3) is 0.182. The lowest BCUT2D eigenvalue weighted by atomic mass is 10.2. The van der Waals surface area contributed by atoms with Gasteiger partial charge in [0.1, 0.15) is 5.82 Å². The van der Waals surface area contributed by atoms with Crippen LogP contribution in [0.5, 0.6) is 0 Å². The van der Waals surface area contributed by atoms with Gasteiger partial charge in [0.2, 0.25) is 0 Å². The Morgan fingerprint density at radius 1 is 1.62 bits per heavy atom. The zero-order valence-corrected chi connectivity index (χ0v) is 10.2. The second kappa shape index (κ2) is 5.65. The van der Waals surface area contributed by atoms with Gasteiger partial charge in [0, 0.05) is 22.8 Å². The summed E-state index contributed by atoms with van der Waals surface area (Å²) in [6.07, 6.45) is 1.13. The molecule has 0 saturated carbocycles. The molecular weight excluding hydrogens is 277 g/mol. The van der Waals surface area contributed by atoms with Gasteiger partial charge in [-0.05, 0) is 46.6 Å². The van der Waals surface area contributed by atoms with Crippen LogP contribution < -0.4 is 5.32 Å². The summed E-state index contributed by atoms with van der Waals surface area (Å²) < 4.78 is 13.4. The smallest absolute Gasteiger partial charge is 0.328 e. The van der Waals surface area contributed by atoms with Crippen LogP contribution in [-0.2, 0) is 4.79 Å². The lowest BCUT2D eigenvalue weighted by Crippen LogP contribution is -2.05. The van der Waals surface area contributed by atoms with Crippen LogP contribution in [0.3, 0.4) is 0 Å². The number of hydrogen-bond donors (Lipinski definition) is 2. The molecule has 0 atom stereocenters. The Hall–Kier alpha value is -1.36. The van der Waals surface area contributed by atoms with Gasteiger partial charge in [-0.25, -0.2) is 9.18 Å². The summed E-state index contributed by atoms with van der Waals surface area (Å²) in [4.78, 5) is 10.4. The molecule has 0 saturated heterocycles. The Morgan fingerprint density at radius 2 is 2.31 bits per heavy atom. The molecule has 1 rings (SSSR count). The molecule has 5 heteroatoms. The standard InChI is InChI=1S/C11H11BrFNO2/c1-7(4-11(15)16)6-14-10-3-2-8(13)5-9(10)12/h2-5,14H,6H2,1H3,(H,15,16)/b7-4-. The average molecular weight is 288 g/mol. The van der Waals surface area contributed by atoms with Gasteiger partial charge < -0.3 is 10.4 Å². The van der Waals surface area contributed by atoms with Crippen molar-refractivity contribution in [2.24, 2.45) is 0 Å². The molecule has 0 amide bonds. The molecule has 0 heterocycles. The lowest BCUT2D eigenvalue weighted by molar-refractivity contribution is -0.131. The number of rotatable bonds is 4. The van der Waals surface area contributed by atoms with E-state index < -0.39 is 5.97 Å². The SMILES string of the molecule is C/C(=C/C(=O)O)CNc1ccc(F)cc1Br. The van der Waals surface area contributed by atoms with Crippen LogP contribution in [0.25, 0.3) is 0 Å². The van der Waals surface area contributed by atoms with E-state index in [1.165, 1.54) is 12.1 Å². The van der Waals surface area contributed by atoms with E-state index in [9.17, 15) is 9.18 Å². The maximum absolute atomic E-state index is 12.8. The van der Waals surface area contributed by atoms with Crippen molar-refractivity contribution >= 4 is 27.6 Å². The molecule has 0 spiro atoms. The monoisotopic (exact) mass is 287 g/mol. The van der Waals surface area contributed by atoms with E-state index in [1.807, 2.05) is 0 Å². The summed E-state index contributed by atoms with van der Waals surface area (Å²) in [7, 11) is 0. The predicted molar refractivity (Wildman–Crippen MR) is 64.0 cm³/mol. The van der Waals surface area contributed by atoms with E-state index in [4.69, 9.17) is 5.11 Å². The van der Waals surface area contributed by atoms with E-state index in [0.29, 0.717) is 16.6 Å². The van der Waals surface area contributed by atoms with Crippen LogP contribution in [0, 0.1) is 5.82 Å². The minimum absolute atomic E-state index is 0.324. The first-order chi connectivity index (χ1) is 7.49. The third kappa shape index (κ3) is 4.02. The minimum Gasteiger partial charge on any atom is -0.478 e. The van der Waals surface area contributed by atoms with Crippen LogP contribution in [-0.4, -0.2) is 17.6 Å². The number of anilines is 1. The fourth-order valence-corrected chi connectivity index (χ4v) is 1.62. The first-order valence-electron chi connectivity index (χ1n) is 4.58. The summed E-state index contributed by atoms with van der Waals surface area (Å²) >= 11 is 3.21. The topological polar surface area (TPSA) is 49.3 Å². The van der Waals surface area contributed by atoms with Crippen molar-refractivity contribution in [1.82, 2.24) is 0 Å². The molecule has 0 fully saturated rings. The molecule has 1 aromatic carbocycles. The third-order valence-electron chi connectivity index (χ3n) is 1.86. The van der Waals surface area contributed by atoms with Gasteiger partial charge in [0.05, 0.1) is 0 Å². The Labute approximate surface area is 101 Å². The Balaban J connectivity index is 2.65. The number of benzene rings is 1. The third-order valence-corrected chi connectivity index (χ3v) is 2.51. The molecule has 3 nitrogen and oxygen atoms in total. The molecule has 0 unspecified atom stereocenters. The molecule has 0 bridgehead atoms. The van der Waals surface area contributed by atoms with Gasteiger partial charge in [0.15, 0.2) is 0 Å². The largest absolute Gasteiger partial charge is 0.478 e. The van der Waals surface area contributed by atoms with Gasteiger partial charge in [-0.1, -0.05) is 0 Å². The Bertz CT molecular complexity index is 432. The number of hydrogen-bond acceptors (Lipinski definition) is 2. The molecule has 16 heavy (non-hydrogen) atoms. The van der Waals surface area contributed by atoms with E-state index in [-0.39, 0.29) is 5.82 Å². The lowest BCUT2D eigenvalue weighted by Gasteiger charge is -2.08. The number of aliphatic carboxylic acids is 1. The molecule has 2 N–H and O–H groups in total. The van der Waals surface area contributed by atoms with Crippen LogP contribution in [0.4, 0.5) is 10.1 Å². The molecule has 0 aliphatic rings. The van der Waals surface area contributed by atoms with Crippen molar-refractivity contribution in [2.75, 3.05) is 11.9 Å².